The van der Waals surface area contributed by atoms with Crippen LogP contribution in [0.1, 0.15) is 50.8 Å². The summed E-state index contributed by atoms with van der Waals surface area (Å²) < 4.78 is 11.1. The van der Waals surface area contributed by atoms with Crippen molar-refractivity contribution in [2.24, 2.45) is 0 Å². The number of nitrogens with one attached hydrogen (secondary N) is 2. The molecule has 0 radical (unpaired) electrons. The highest BCUT2D eigenvalue weighted by molar-refractivity contribution is 5.82. The summed E-state index contributed by atoms with van der Waals surface area (Å²) in [4.78, 5) is 33.0. The Kier molecular flexibility index (Phi) is 12.8. The van der Waals surface area contributed by atoms with Crippen LogP contribution in [0, 0.1) is 0 Å². The van der Waals surface area contributed by atoms with Gasteiger partial charge in [-0.25, -0.2) is 14.6 Å². The summed E-state index contributed by atoms with van der Waals surface area (Å²) >= 11 is 0. The van der Waals surface area contributed by atoms with E-state index in [1.807, 2.05) is 38.1 Å². The number of fused-ring (bicyclic) bond motifs is 1. The number of nitrogens with zero attached hydrogens (tertiary/aromatic N) is 3. The minimum Gasteiger partial charge on any atom is -0.497 e. The topological polar surface area (TPSA) is 116 Å². The summed E-state index contributed by atoms with van der Waals surface area (Å²) in [6.45, 7) is 8.21. The number of anilines is 1. The van der Waals surface area contributed by atoms with Crippen LogP contribution in [0.4, 0.5) is 10.6 Å². The minimum atomic E-state index is -1.03. The van der Waals surface area contributed by atoms with Gasteiger partial charge in [0, 0.05) is 38.4 Å². The first-order valence-electron chi connectivity index (χ1n) is 14.4. The molecule has 0 aliphatic carbocycles. The molecule has 220 valence electrons. The van der Waals surface area contributed by atoms with E-state index in [2.05, 4.69) is 27.7 Å². The van der Waals surface area contributed by atoms with Gasteiger partial charge in [-0.1, -0.05) is 6.07 Å². The van der Waals surface area contributed by atoms with Crippen LogP contribution in [-0.4, -0.2) is 90.9 Å². The second-order valence-electron chi connectivity index (χ2n) is 9.96. The summed E-state index contributed by atoms with van der Waals surface area (Å²) in [7, 11) is 1.63. The molecule has 2 amide bonds. The summed E-state index contributed by atoms with van der Waals surface area (Å²) in [6.07, 6.45) is 5.34. The second kappa shape index (κ2) is 16.5. The first-order chi connectivity index (χ1) is 19.4. The number of carboxylic acid groups (broad SMARTS) is 1. The zero-order chi connectivity index (χ0) is 28.7. The normalized spacial score (nSPS) is 13.2. The Hall–Kier alpha value is -3.53. The largest absolute Gasteiger partial charge is 0.497 e. The van der Waals surface area contributed by atoms with Crippen LogP contribution in [0.25, 0.3) is 0 Å². The van der Waals surface area contributed by atoms with Crippen molar-refractivity contribution in [1.29, 1.82) is 0 Å². The van der Waals surface area contributed by atoms with E-state index in [0.717, 1.165) is 68.2 Å². The van der Waals surface area contributed by atoms with Gasteiger partial charge in [0.15, 0.2) is 0 Å². The Labute approximate surface area is 238 Å². The van der Waals surface area contributed by atoms with Crippen LogP contribution in [0.15, 0.2) is 36.4 Å². The van der Waals surface area contributed by atoms with Gasteiger partial charge in [-0.05, 0) is 94.8 Å². The molecular weight excluding hydrogens is 510 g/mol. The monoisotopic (exact) mass is 555 g/mol. The van der Waals surface area contributed by atoms with Crippen LogP contribution in [0.5, 0.6) is 11.5 Å². The summed E-state index contributed by atoms with van der Waals surface area (Å²) in [6, 6.07) is 10.5. The van der Waals surface area contributed by atoms with Crippen molar-refractivity contribution in [3.05, 3.63) is 47.7 Å². The quantitative estimate of drug-likeness (QED) is 0.251. The highest BCUT2D eigenvalue weighted by Crippen LogP contribution is 2.20. The number of urea groups is 1. The number of ether oxygens (including phenoxy) is 2. The van der Waals surface area contributed by atoms with Crippen LogP contribution >= 0.6 is 0 Å². The fourth-order valence-corrected chi connectivity index (χ4v) is 4.77. The fourth-order valence-electron chi connectivity index (χ4n) is 4.77. The predicted octanol–water partition coefficient (Wildman–Crippen LogP) is 4.05. The van der Waals surface area contributed by atoms with Crippen LogP contribution < -0.4 is 20.1 Å². The van der Waals surface area contributed by atoms with Crippen molar-refractivity contribution in [2.45, 2.75) is 58.4 Å². The van der Waals surface area contributed by atoms with Gasteiger partial charge in [-0.15, -0.1) is 0 Å². The maximum atomic E-state index is 12.5. The molecule has 0 spiro atoms. The van der Waals surface area contributed by atoms with Crippen molar-refractivity contribution in [3.8, 4) is 11.5 Å². The first-order valence-corrected chi connectivity index (χ1v) is 14.4. The SMILES string of the molecule is CCN(CC)C(=O)NC(CCN(CCCCc1ccc2c(n1)NCCC2)CCOc1ccc(OC)cc1)C(=O)O. The number of rotatable bonds is 17. The number of carboxylic acids is 1. The van der Waals surface area contributed by atoms with E-state index in [9.17, 15) is 14.7 Å². The Morgan fingerprint density at radius 1 is 1.05 bits per heavy atom. The number of unbranched alkanes of at least 4 members (excludes halogenated alkanes) is 1. The van der Waals surface area contributed by atoms with Crippen molar-refractivity contribution in [2.75, 3.05) is 58.3 Å². The molecule has 1 aromatic heterocycles. The number of carbonyl (C=O) groups is 2. The van der Waals surface area contributed by atoms with Crippen molar-refractivity contribution in [1.82, 2.24) is 20.1 Å². The van der Waals surface area contributed by atoms with E-state index in [4.69, 9.17) is 14.5 Å². The Morgan fingerprint density at radius 3 is 2.50 bits per heavy atom. The van der Waals surface area contributed by atoms with E-state index in [1.165, 1.54) is 5.56 Å². The number of aryl methyl sites for hydroxylation is 2. The number of hydrogen-bond acceptors (Lipinski definition) is 7. The molecule has 0 saturated carbocycles. The molecule has 10 nitrogen and oxygen atoms in total. The zero-order valence-corrected chi connectivity index (χ0v) is 24.2. The molecule has 1 aromatic carbocycles. The molecule has 0 fully saturated rings. The van der Waals surface area contributed by atoms with Gasteiger partial charge in [-0.3, -0.25) is 4.90 Å². The van der Waals surface area contributed by atoms with Crippen molar-refractivity contribution < 1.29 is 24.2 Å². The number of methoxy groups -OCH3 is 1. The second-order valence-corrected chi connectivity index (χ2v) is 9.96. The zero-order valence-electron chi connectivity index (χ0n) is 24.2. The van der Waals surface area contributed by atoms with Gasteiger partial charge in [0.2, 0.25) is 0 Å². The molecule has 2 heterocycles. The van der Waals surface area contributed by atoms with Gasteiger partial charge in [0.1, 0.15) is 30.0 Å². The number of amides is 2. The molecule has 1 atom stereocenters. The molecule has 2 aromatic rings. The van der Waals surface area contributed by atoms with E-state index < -0.39 is 12.0 Å². The van der Waals surface area contributed by atoms with Gasteiger partial charge in [-0.2, -0.15) is 0 Å². The Balaban J connectivity index is 1.53. The predicted molar refractivity (Wildman–Crippen MR) is 156 cm³/mol. The van der Waals surface area contributed by atoms with E-state index in [1.54, 1.807) is 12.0 Å². The number of carbonyl (C=O) groups excluding carboxylic acids is 1. The molecule has 40 heavy (non-hydrogen) atoms. The Morgan fingerprint density at radius 2 is 1.80 bits per heavy atom. The highest BCUT2D eigenvalue weighted by atomic mass is 16.5. The summed E-state index contributed by atoms with van der Waals surface area (Å²) in [5.74, 6) is 1.52. The third-order valence-corrected chi connectivity index (χ3v) is 7.23. The van der Waals surface area contributed by atoms with Crippen LogP contribution in [0.3, 0.4) is 0 Å². The molecular formula is C30H45N5O5. The Bertz CT molecular complexity index is 1060. The number of aromatic nitrogens is 1. The smallest absolute Gasteiger partial charge is 0.326 e. The average molecular weight is 556 g/mol. The number of hydrogen-bond donors (Lipinski definition) is 3. The lowest BCUT2D eigenvalue weighted by molar-refractivity contribution is -0.139. The summed E-state index contributed by atoms with van der Waals surface area (Å²) in [5, 5.41) is 15.8. The van der Waals surface area contributed by atoms with E-state index >= 15 is 0 Å². The fraction of sp³-hybridized carbons (Fsp3) is 0.567. The maximum absolute atomic E-state index is 12.5. The molecule has 3 N–H and O–H groups in total. The van der Waals surface area contributed by atoms with Gasteiger partial charge < -0.3 is 30.1 Å². The number of benzene rings is 1. The molecule has 0 bridgehead atoms. The number of aliphatic carboxylic acids is 1. The first kappa shape index (κ1) is 31.0. The van der Waals surface area contributed by atoms with E-state index in [-0.39, 0.29) is 6.03 Å². The summed E-state index contributed by atoms with van der Waals surface area (Å²) in [5.41, 5.74) is 2.38. The van der Waals surface area contributed by atoms with Crippen molar-refractivity contribution >= 4 is 17.8 Å². The van der Waals surface area contributed by atoms with Gasteiger partial charge >= 0.3 is 12.0 Å². The molecule has 1 aliphatic heterocycles. The standard InChI is InChI=1S/C30H45N5O5/c1-4-35(5-2)30(38)33-27(29(36)37)17-20-34(21-22-40-26-15-13-25(39-3)14-16-26)19-7-6-10-24-12-11-23-9-8-18-31-28(23)32-24/h11-16,27H,4-10,17-22H2,1-3H3,(H,31,32)(H,33,38)(H,36,37). The highest BCUT2D eigenvalue weighted by Gasteiger charge is 2.23. The third kappa shape index (κ3) is 9.89. The van der Waals surface area contributed by atoms with Crippen molar-refractivity contribution in [3.63, 3.8) is 0 Å². The molecule has 3 rings (SSSR count). The lowest BCUT2D eigenvalue weighted by atomic mass is 10.1. The van der Waals surface area contributed by atoms with Gasteiger partial charge in [0.25, 0.3) is 0 Å². The molecule has 1 aliphatic rings. The lowest BCUT2D eigenvalue weighted by Crippen LogP contribution is -2.49. The molecule has 1 unspecified atom stereocenters. The van der Waals surface area contributed by atoms with Crippen LogP contribution in [0.2, 0.25) is 0 Å². The average Bonchev–Trinajstić information content (AvgIpc) is 2.97. The van der Waals surface area contributed by atoms with Gasteiger partial charge in [0.05, 0.1) is 7.11 Å². The third-order valence-electron chi connectivity index (χ3n) is 7.23. The maximum Gasteiger partial charge on any atom is 0.326 e. The molecule has 10 heteroatoms. The minimum absolute atomic E-state index is 0.308. The van der Waals surface area contributed by atoms with Crippen LogP contribution in [-0.2, 0) is 17.6 Å². The number of pyridine rings is 1. The molecule has 0 saturated heterocycles. The lowest BCUT2D eigenvalue weighted by Gasteiger charge is -2.26. The van der Waals surface area contributed by atoms with E-state index in [0.29, 0.717) is 39.2 Å².